The number of carbonyl (C=O) groups excluding carboxylic acids is 2. The first kappa shape index (κ1) is 24.7. The van der Waals surface area contributed by atoms with Crippen LogP contribution in [-0.4, -0.2) is 50.0 Å². The van der Waals surface area contributed by atoms with E-state index < -0.39 is 5.82 Å². The number of fused-ring (bicyclic) bond motifs is 1. The lowest BCUT2D eigenvalue weighted by molar-refractivity contribution is -0.104. The van der Waals surface area contributed by atoms with Crippen LogP contribution in [-0.2, 0) is 4.79 Å². The molecule has 1 unspecified atom stereocenters. The number of allylic oxidation sites excluding steroid dienone is 1. The summed E-state index contributed by atoms with van der Waals surface area (Å²) in [4.78, 5) is 37.0. The fourth-order valence-corrected chi connectivity index (χ4v) is 4.20. The van der Waals surface area contributed by atoms with E-state index in [4.69, 9.17) is 15.5 Å². The van der Waals surface area contributed by atoms with E-state index in [0.29, 0.717) is 17.7 Å². The molecule has 0 radical (unpaired) electrons. The van der Waals surface area contributed by atoms with Crippen molar-refractivity contribution in [2.24, 2.45) is 0 Å². The number of anilines is 2. The quantitative estimate of drug-likeness (QED) is 0.324. The molecule has 0 aliphatic carbocycles. The largest absolute Gasteiger partial charge is 0.382 e. The van der Waals surface area contributed by atoms with Crippen molar-refractivity contribution in [3.8, 4) is 11.3 Å². The first-order valence-corrected chi connectivity index (χ1v) is 11.3. The number of aldehydes is 1. The van der Waals surface area contributed by atoms with Crippen molar-refractivity contribution in [2.75, 3.05) is 24.6 Å². The molecule has 0 spiro atoms. The predicted molar refractivity (Wildman–Crippen MR) is 136 cm³/mol. The van der Waals surface area contributed by atoms with Crippen molar-refractivity contribution >= 4 is 29.3 Å². The van der Waals surface area contributed by atoms with Gasteiger partial charge in [0.15, 0.2) is 0 Å². The summed E-state index contributed by atoms with van der Waals surface area (Å²) in [6.45, 7) is 4.14. The zero-order valence-corrected chi connectivity index (χ0v) is 19.8. The van der Waals surface area contributed by atoms with E-state index >= 15 is 0 Å². The summed E-state index contributed by atoms with van der Waals surface area (Å²) >= 11 is 0. The summed E-state index contributed by atoms with van der Waals surface area (Å²) in [6.07, 6.45) is 8.85. The van der Waals surface area contributed by atoms with Crippen LogP contribution in [0.4, 0.5) is 16.0 Å². The van der Waals surface area contributed by atoms with E-state index in [1.165, 1.54) is 24.4 Å². The second kappa shape index (κ2) is 10.9. The number of nitrogens with zero attached hydrogens (tertiary/aromatic N) is 5. The third-order valence-electron chi connectivity index (χ3n) is 5.91. The van der Waals surface area contributed by atoms with Gasteiger partial charge in [-0.25, -0.2) is 19.3 Å². The van der Waals surface area contributed by atoms with Crippen molar-refractivity contribution < 1.29 is 14.0 Å². The van der Waals surface area contributed by atoms with Crippen LogP contribution in [0, 0.1) is 5.82 Å². The normalized spacial score (nSPS) is 15.2. The summed E-state index contributed by atoms with van der Waals surface area (Å²) in [6, 6.07) is 9.64. The number of pyridine rings is 1. The summed E-state index contributed by atoms with van der Waals surface area (Å²) in [7, 11) is 2.10. The minimum atomic E-state index is -0.466. The average molecular weight is 488 g/mol. The summed E-state index contributed by atoms with van der Waals surface area (Å²) in [5.74, 6) is 0.651. The van der Waals surface area contributed by atoms with Crippen LogP contribution in [0.1, 0.15) is 35.1 Å². The molecular formula is C26H26FN7O2. The minimum absolute atomic E-state index is 0.156. The maximum absolute atomic E-state index is 13.3. The molecule has 5 rings (SSSR count). The molecule has 184 valence electrons. The lowest BCUT2D eigenvalue weighted by Crippen LogP contribution is -2.19. The van der Waals surface area contributed by atoms with Crippen LogP contribution in [0.5, 0.6) is 0 Å². The van der Waals surface area contributed by atoms with Gasteiger partial charge in [-0.05, 0) is 50.7 Å². The van der Waals surface area contributed by atoms with Crippen LogP contribution in [0.15, 0.2) is 67.6 Å². The Balaban J connectivity index is 0.000000709. The fraction of sp³-hybridized carbons (Fsp3) is 0.192. The number of imidazole rings is 1. The standard InChI is InChI=1S/C23H22FN7O.C3H4O/c1-30-11-2-3-17(30)22-29-19(20-21(25)27-10-12-31(20)22)14-4-6-15(7-5-14)23(32)28-18-13-16(24)8-9-26-18;1-2-3-4/h4-10,12-13,17H,2-3,11H2,1H3,(H2,25,27)(H,26,28,32);2-3H,1H2. The van der Waals surface area contributed by atoms with Gasteiger partial charge in [0.1, 0.15) is 40.8 Å². The summed E-state index contributed by atoms with van der Waals surface area (Å²) < 4.78 is 15.4. The number of likely N-dealkylation sites (tertiary alicyclic amines) is 1. The smallest absolute Gasteiger partial charge is 0.256 e. The highest BCUT2D eigenvalue weighted by Crippen LogP contribution is 2.35. The third kappa shape index (κ3) is 5.13. The van der Waals surface area contributed by atoms with Crippen molar-refractivity contribution in [1.29, 1.82) is 0 Å². The molecule has 1 aromatic carbocycles. The molecule has 1 fully saturated rings. The highest BCUT2D eigenvalue weighted by atomic mass is 19.1. The Hall–Kier alpha value is -4.44. The summed E-state index contributed by atoms with van der Waals surface area (Å²) in [5.41, 5.74) is 8.96. The van der Waals surface area contributed by atoms with Crippen LogP contribution >= 0.6 is 0 Å². The Morgan fingerprint density at radius 1 is 1.22 bits per heavy atom. The highest BCUT2D eigenvalue weighted by Gasteiger charge is 2.28. The molecule has 4 heterocycles. The van der Waals surface area contributed by atoms with Gasteiger partial charge < -0.3 is 11.1 Å². The van der Waals surface area contributed by atoms with Gasteiger partial charge in [-0.2, -0.15) is 0 Å². The second-order valence-electron chi connectivity index (χ2n) is 8.25. The number of carbonyl (C=O) groups is 2. The fourth-order valence-electron chi connectivity index (χ4n) is 4.20. The Kier molecular flexibility index (Phi) is 7.45. The van der Waals surface area contributed by atoms with Gasteiger partial charge in [0.2, 0.25) is 0 Å². The number of aromatic nitrogens is 4. The first-order chi connectivity index (χ1) is 17.4. The molecule has 1 amide bonds. The van der Waals surface area contributed by atoms with Gasteiger partial charge in [-0.1, -0.05) is 18.7 Å². The molecule has 3 aromatic heterocycles. The van der Waals surface area contributed by atoms with Crippen LogP contribution in [0.25, 0.3) is 16.8 Å². The zero-order valence-electron chi connectivity index (χ0n) is 19.8. The Labute approximate surface area is 207 Å². The Bertz CT molecular complexity index is 1400. The molecule has 1 atom stereocenters. The first-order valence-electron chi connectivity index (χ1n) is 11.3. The molecule has 1 aliphatic heterocycles. The number of amides is 1. The van der Waals surface area contributed by atoms with Gasteiger partial charge in [-0.15, -0.1) is 0 Å². The van der Waals surface area contributed by atoms with Crippen LogP contribution in [0.2, 0.25) is 0 Å². The SMILES string of the molecule is C=CC=O.CN1CCCC1c1nc(-c2ccc(C(=O)Nc3cc(F)ccn3)cc2)c2c(N)nccn12. The highest BCUT2D eigenvalue weighted by molar-refractivity contribution is 6.04. The molecule has 0 bridgehead atoms. The average Bonchev–Trinajstić information content (AvgIpc) is 3.48. The zero-order chi connectivity index (χ0) is 25.7. The molecule has 1 aliphatic rings. The van der Waals surface area contributed by atoms with Crippen LogP contribution in [0.3, 0.4) is 0 Å². The number of nitrogens with two attached hydrogens (primary N) is 1. The Morgan fingerprint density at radius 3 is 2.61 bits per heavy atom. The molecule has 10 heteroatoms. The number of rotatable bonds is 5. The number of nitrogens with one attached hydrogen (secondary N) is 1. The molecule has 3 N–H and O–H groups in total. The van der Waals surface area contributed by atoms with Gasteiger partial charge in [-0.3, -0.25) is 18.9 Å². The van der Waals surface area contributed by atoms with Gasteiger partial charge >= 0.3 is 0 Å². The predicted octanol–water partition coefficient (Wildman–Crippen LogP) is 3.90. The van der Waals surface area contributed by atoms with Gasteiger partial charge in [0, 0.05) is 35.8 Å². The second-order valence-corrected chi connectivity index (χ2v) is 8.25. The van der Waals surface area contributed by atoms with E-state index in [2.05, 4.69) is 33.8 Å². The van der Waals surface area contributed by atoms with E-state index in [0.717, 1.165) is 42.0 Å². The number of benzene rings is 1. The molecule has 9 nitrogen and oxygen atoms in total. The van der Waals surface area contributed by atoms with Crippen molar-refractivity contribution in [1.82, 2.24) is 24.3 Å². The molecule has 4 aromatic rings. The number of hydrogen-bond donors (Lipinski definition) is 2. The Morgan fingerprint density at radius 2 is 1.97 bits per heavy atom. The monoisotopic (exact) mass is 487 g/mol. The lowest BCUT2D eigenvalue weighted by Gasteiger charge is -2.18. The van der Waals surface area contributed by atoms with Gasteiger partial charge in [0.25, 0.3) is 5.91 Å². The number of hydrogen-bond acceptors (Lipinski definition) is 7. The van der Waals surface area contributed by atoms with E-state index in [1.54, 1.807) is 18.3 Å². The summed E-state index contributed by atoms with van der Waals surface area (Å²) in [5, 5.41) is 2.60. The molecule has 36 heavy (non-hydrogen) atoms. The topological polar surface area (TPSA) is 119 Å². The van der Waals surface area contributed by atoms with Crippen molar-refractivity contribution in [3.05, 3.63) is 84.8 Å². The van der Waals surface area contributed by atoms with Crippen molar-refractivity contribution in [2.45, 2.75) is 18.9 Å². The molecule has 0 saturated carbocycles. The maximum Gasteiger partial charge on any atom is 0.256 e. The third-order valence-corrected chi connectivity index (χ3v) is 5.91. The van der Waals surface area contributed by atoms with Crippen molar-refractivity contribution in [3.63, 3.8) is 0 Å². The molecular weight excluding hydrogens is 461 g/mol. The van der Waals surface area contributed by atoms with E-state index in [9.17, 15) is 9.18 Å². The van der Waals surface area contributed by atoms with Crippen LogP contribution < -0.4 is 11.1 Å². The van der Waals surface area contributed by atoms with E-state index in [1.807, 2.05) is 22.7 Å². The molecule has 1 saturated heterocycles. The number of nitrogen functional groups attached to an aromatic ring is 1. The van der Waals surface area contributed by atoms with Gasteiger partial charge in [0.05, 0.1) is 6.04 Å². The lowest BCUT2D eigenvalue weighted by atomic mass is 10.1. The van der Waals surface area contributed by atoms with E-state index in [-0.39, 0.29) is 17.8 Å². The number of halogens is 1. The minimum Gasteiger partial charge on any atom is -0.382 e. The maximum atomic E-state index is 13.3.